The number of pyridine rings is 1. The maximum atomic E-state index is 12.7. The van der Waals surface area contributed by atoms with Gasteiger partial charge in [0.2, 0.25) is 0 Å². The van der Waals surface area contributed by atoms with Gasteiger partial charge in [-0.05, 0) is 43.5 Å². The van der Waals surface area contributed by atoms with E-state index in [0.717, 1.165) is 44.2 Å². The van der Waals surface area contributed by atoms with Gasteiger partial charge in [-0.2, -0.15) is 0 Å². The first kappa shape index (κ1) is 17.9. The highest BCUT2D eigenvalue weighted by atomic mass is 16.2. The van der Waals surface area contributed by atoms with Crippen LogP contribution in [0.25, 0.3) is 0 Å². The largest absolute Gasteiger partial charge is 0.355 e. The van der Waals surface area contributed by atoms with Crippen molar-refractivity contribution in [1.29, 1.82) is 0 Å². The maximum absolute atomic E-state index is 12.7. The van der Waals surface area contributed by atoms with E-state index in [1.807, 2.05) is 41.4 Å². The lowest BCUT2D eigenvalue weighted by molar-refractivity contribution is 0.0620. The van der Waals surface area contributed by atoms with Crippen molar-refractivity contribution in [1.82, 2.24) is 25.0 Å². The van der Waals surface area contributed by atoms with Crippen LogP contribution in [0.5, 0.6) is 0 Å². The molecule has 0 N–H and O–H groups in total. The van der Waals surface area contributed by atoms with Crippen molar-refractivity contribution in [2.45, 2.75) is 25.8 Å². The third-order valence-electron chi connectivity index (χ3n) is 5.32. The molecule has 0 bridgehead atoms. The molecule has 0 aromatic carbocycles. The summed E-state index contributed by atoms with van der Waals surface area (Å²) in [6.45, 7) is 6.00. The average molecular weight is 366 g/mol. The van der Waals surface area contributed by atoms with Crippen LogP contribution in [0.2, 0.25) is 0 Å². The molecule has 2 aliphatic rings. The number of anilines is 1. The van der Waals surface area contributed by atoms with Gasteiger partial charge in [0, 0.05) is 52.0 Å². The molecule has 7 heteroatoms. The Morgan fingerprint density at radius 3 is 2.37 bits per heavy atom. The minimum atomic E-state index is -0.0230. The Hall–Kier alpha value is -2.54. The standard InChI is InChI=1S/C20H26N6O/c27-20(18-7-8-19(23-22-18)25-10-4-1-5-11-25)26-14-12-24(13-15-26)16-17-6-2-3-9-21-17/h2-3,6-9H,1,4-5,10-16H2. The molecule has 0 aliphatic carbocycles. The number of nitrogens with zero attached hydrogens (tertiary/aromatic N) is 6. The molecule has 142 valence electrons. The molecule has 0 unspecified atom stereocenters. The number of aromatic nitrogens is 3. The summed E-state index contributed by atoms with van der Waals surface area (Å²) in [6, 6.07) is 9.73. The molecule has 0 saturated carbocycles. The van der Waals surface area contributed by atoms with E-state index in [9.17, 15) is 4.79 Å². The fourth-order valence-electron chi connectivity index (χ4n) is 3.72. The smallest absolute Gasteiger partial charge is 0.274 e. The van der Waals surface area contributed by atoms with Crippen LogP contribution in [0.4, 0.5) is 5.82 Å². The Morgan fingerprint density at radius 2 is 1.70 bits per heavy atom. The normalized spacial score (nSPS) is 18.5. The number of hydrogen-bond donors (Lipinski definition) is 0. The minimum absolute atomic E-state index is 0.0230. The summed E-state index contributed by atoms with van der Waals surface area (Å²) < 4.78 is 0. The molecule has 2 aromatic heterocycles. The van der Waals surface area contributed by atoms with Gasteiger partial charge < -0.3 is 9.80 Å². The van der Waals surface area contributed by atoms with Crippen molar-refractivity contribution < 1.29 is 4.79 Å². The fourth-order valence-corrected chi connectivity index (χ4v) is 3.72. The van der Waals surface area contributed by atoms with E-state index in [-0.39, 0.29) is 5.91 Å². The van der Waals surface area contributed by atoms with Crippen LogP contribution in [0.3, 0.4) is 0 Å². The van der Waals surface area contributed by atoms with Gasteiger partial charge in [-0.15, -0.1) is 10.2 Å². The number of rotatable bonds is 4. The summed E-state index contributed by atoms with van der Waals surface area (Å²) in [5.74, 6) is 0.858. The van der Waals surface area contributed by atoms with Crippen LogP contribution in [0.15, 0.2) is 36.5 Å². The first-order valence-electron chi connectivity index (χ1n) is 9.80. The molecule has 2 aliphatic heterocycles. The molecule has 0 radical (unpaired) electrons. The second kappa shape index (κ2) is 8.43. The van der Waals surface area contributed by atoms with Gasteiger partial charge in [-0.25, -0.2) is 0 Å². The quantitative estimate of drug-likeness (QED) is 0.822. The van der Waals surface area contributed by atoms with Gasteiger partial charge in [0.15, 0.2) is 11.5 Å². The summed E-state index contributed by atoms with van der Waals surface area (Å²) in [4.78, 5) is 23.6. The average Bonchev–Trinajstić information content (AvgIpc) is 2.75. The highest BCUT2D eigenvalue weighted by Crippen LogP contribution is 2.17. The van der Waals surface area contributed by atoms with Gasteiger partial charge in [-0.1, -0.05) is 6.07 Å². The summed E-state index contributed by atoms with van der Waals surface area (Å²) in [7, 11) is 0. The second-order valence-corrected chi connectivity index (χ2v) is 7.21. The number of hydrogen-bond acceptors (Lipinski definition) is 6. The molecule has 2 aromatic rings. The Bertz CT molecular complexity index is 737. The zero-order valence-electron chi connectivity index (χ0n) is 15.6. The highest BCUT2D eigenvalue weighted by Gasteiger charge is 2.24. The molecular weight excluding hydrogens is 340 g/mol. The number of piperidine rings is 1. The molecule has 0 spiro atoms. The molecule has 2 fully saturated rings. The monoisotopic (exact) mass is 366 g/mol. The Morgan fingerprint density at radius 1 is 0.889 bits per heavy atom. The van der Waals surface area contributed by atoms with Crippen molar-refractivity contribution in [2.24, 2.45) is 0 Å². The number of amides is 1. The van der Waals surface area contributed by atoms with Crippen LogP contribution < -0.4 is 4.90 Å². The van der Waals surface area contributed by atoms with Gasteiger partial charge in [0.05, 0.1) is 5.69 Å². The molecule has 0 atom stereocenters. The lowest BCUT2D eigenvalue weighted by atomic mass is 10.1. The van der Waals surface area contributed by atoms with Gasteiger partial charge in [-0.3, -0.25) is 14.7 Å². The van der Waals surface area contributed by atoms with Crippen LogP contribution in [-0.4, -0.2) is 70.2 Å². The lowest BCUT2D eigenvalue weighted by Gasteiger charge is -2.34. The van der Waals surface area contributed by atoms with Crippen molar-refractivity contribution >= 4 is 11.7 Å². The van der Waals surface area contributed by atoms with E-state index in [2.05, 4.69) is 25.0 Å². The van der Waals surface area contributed by atoms with Crippen LogP contribution >= 0.6 is 0 Å². The van der Waals surface area contributed by atoms with Crippen molar-refractivity contribution in [3.63, 3.8) is 0 Å². The van der Waals surface area contributed by atoms with E-state index < -0.39 is 0 Å². The van der Waals surface area contributed by atoms with Crippen LogP contribution in [0.1, 0.15) is 35.4 Å². The summed E-state index contributed by atoms with van der Waals surface area (Å²) in [6.07, 6.45) is 5.50. The number of carbonyl (C=O) groups excluding carboxylic acids is 1. The zero-order chi connectivity index (χ0) is 18.5. The Labute approximate surface area is 160 Å². The SMILES string of the molecule is O=C(c1ccc(N2CCCCC2)nn1)N1CCN(Cc2ccccn2)CC1. The number of carbonyl (C=O) groups is 1. The third kappa shape index (κ3) is 4.42. The molecule has 4 rings (SSSR count). The molecule has 2 saturated heterocycles. The van der Waals surface area contributed by atoms with E-state index >= 15 is 0 Å². The van der Waals surface area contributed by atoms with Crippen molar-refractivity contribution in [2.75, 3.05) is 44.2 Å². The topological polar surface area (TPSA) is 65.5 Å². The second-order valence-electron chi connectivity index (χ2n) is 7.21. The molecule has 27 heavy (non-hydrogen) atoms. The van der Waals surface area contributed by atoms with Gasteiger partial charge in [0.25, 0.3) is 5.91 Å². The summed E-state index contributed by atoms with van der Waals surface area (Å²) in [5.41, 5.74) is 1.50. The van der Waals surface area contributed by atoms with E-state index in [1.54, 1.807) is 0 Å². The van der Waals surface area contributed by atoms with E-state index in [0.29, 0.717) is 18.8 Å². The highest BCUT2D eigenvalue weighted by molar-refractivity contribution is 5.92. The van der Waals surface area contributed by atoms with Gasteiger partial charge in [0.1, 0.15) is 0 Å². The minimum Gasteiger partial charge on any atom is -0.355 e. The lowest BCUT2D eigenvalue weighted by Crippen LogP contribution is -2.48. The fraction of sp³-hybridized carbons (Fsp3) is 0.500. The first-order valence-corrected chi connectivity index (χ1v) is 9.80. The molecular formula is C20H26N6O. The van der Waals surface area contributed by atoms with E-state index in [1.165, 1.54) is 19.3 Å². The first-order chi connectivity index (χ1) is 13.3. The van der Waals surface area contributed by atoms with Crippen LogP contribution in [-0.2, 0) is 6.54 Å². The predicted octanol–water partition coefficient (Wildman–Crippen LogP) is 1.82. The Balaban J connectivity index is 1.31. The predicted molar refractivity (Wildman–Crippen MR) is 104 cm³/mol. The zero-order valence-corrected chi connectivity index (χ0v) is 15.6. The summed E-state index contributed by atoms with van der Waals surface area (Å²) in [5, 5.41) is 8.51. The summed E-state index contributed by atoms with van der Waals surface area (Å²) >= 11 is 0. The van der Waals surface area contributed by atoms with Crippen molar-refractivity contribution in [3.8, 4) is 0 Å². The van der Waals surface area contributed by atoms with Gasteiger partial charge >= 0.3 is 0 Å². The van der Waals surface area contributed by atoms with Crippen molar-refractivity contribution in [3.05, 3.63) is 47.9 Å². The van der Waals surface area contributed by atoms with Crippen LogP contribution in [0, 0.1) is 0 Å². The maximum Gasteiger partial charge on any atom is 0.274 e. The third-order valence-corrected chi connectivity index (χ3v) is 5.32. The number of piperazine rings is 1. The van der Waals surface area contributed by atoms with E-state index in [4.69, 9.17) is 0 Å². The molecule has 1 amide bonds. The molecule has 4 heterocycles. The Kier molecular flexibility index (Phi) is 5.58. The molecule has 7 nitrogen and oxygen atoms in total.